The molecule has 1 aromatic carbocycles. The maximum Gasteiger partial charge on any atom is 0.328 e. The van der Waals surface area contributed by atoms with Gasteiger partial charge in [0.15, 0.2) is 13.2 Å². The maximum absolute atomic E-state index is 12.4. The molecule has 0 bridgehead atoms. The summed E-state index contributed by atoms with van der Waals surface area (Å²) in [6.45, 7) is 7.46. The van der Waals surface area contributed by atoms with Crippen LogP contribution in [0, 0.1) is 13.8 Å². The molecule has 0 radical (unpaired) electrons. The quantitative estimate of drug-likeness (QED) is 0.528. The summed E-state index contributed by atoms with van der Waals surface area (Å²) in [5.74, 6) is -0.841. The van der Waals surface area contributed by atoms with E-state index < -0.39 is 17.9 Å². The van der Waals surface area contributed by atoms with E-state index in [1.54, 1.807) is 30.3 Å². The van der Waals surface area contributed by atoms with Gasteiger partial charge in [-0.2, -0.15) is 0 Å². The van der Waals surface area contributed by atoms with Crippen LogP contribution in [0.2, 0.25) is 0 Å². The molecule has 2 rings (SSSR count). The molecule has 0 unspecified atom stereocenters. The molecule has 1 N–H and O–H groups in total. The number of amides is 1. The maximum atomic E-state index is 12.4. The molecule has 0 fully saturated rings. The minimum absolute atomic E-state index is 0.219. The lowest BCUT2D eigenvalue weighted by Crippen LogP contribution is -2.42. The second-order valence-corrected chi connectivity index (χ2v) is 6.45. The summed E-state index contributed by atoms with van der Waals surface area (Å²) < 4.78 is 12.4. The van der Waals surface area contributed by atoms with Crippen molar-refractivity contribution >= 4 is 17.7 Å². The van der Waals surface area contributed by atoms with Crippen LogP contribution in [-0.4, -0.2) is 41.5 Å². The van der Waals surface area contributed by atoms with Crippen LogP contribution in [0.4, 0.5) is 0 Å². The average molecular weight is 386 g/mol. The molecular formula is C21H26N2O5. The second-order valence-electron chi connectivity index (χ2n) is 6.45. The number of nitrogens with zero attached hydrogens (tertiary/aromatic N) is 1. The number of para-hydroxylation sites is 1. The highest BCUT2D eigenvalue weighted by atomic mass is 16.5. The number of hydrogen-bond donors (Lipinski definition) is 1. The lowest BCUT2D eigenvalue weighted by Gasteiger charge is -2.13. The minimum Gasteiger partial charge on any atom is -0.484 e. The van der Waals surface area contributed by atoms with Crippen molar-refractivity contribution in [3.05, 3.63) is 53.3 Å². The number of esters is 1. The molecule has 0 aliphatic heterocycles. The predicted molar refractivity (Wildman–Crippen MR) is 104 cm³/mol. The zero-order valence-corrected chi connectivity index (χ0v) is 16.7. The summed E-state index contributed by atoms with van der Waals surface area (Å²) >= 11 is 0. The fourth-order valence-corrected chi connectivity index (χ4v) is 2.92. The van der Waals surface area contributed by atoms with E-state index in [1.165, 1.54) is 6.92 Å². The Morgan fingerprint density at radius 2 is 1.79 bits per heavy atom. The van der Waals surface area contributed by atoms with E-state index in [-0.39, 0.29) is 19.0 Å². The number of benzene rings is 1. The van der Waals surface area contributed by atoms with Gasteiger partial charge in [0, 0.05) is 23.5 Å². The van der Waals surface area contributed by atoms with Crippen LogP contribution < -0.4 is 10.1 Å². The molecule has 1 aromatic heterocycles. The minimum atomic E-state index is -0.886. The van der Waals surface area contributed by atoms with Gasteiger partial charge in [-0.15, -0.1) is 0 Å². The van der Waals surface area contributed by atoms with Gasteiger partial charge in [-0.25, -0.2) is 4.79 Å². The summed E-state index contributed by atoms with van der Waals surface area (Å²) in [5, 5.41) is 2.49. The van der Waals surface area contributed by atoms with E-state index in [0.29, 0.717) is 11.3 Å². The van der Waals surface area contributed by atoms with Crippen LogP contribution in [-0.2, 0) is 20.9 Å². The van der Waals surface area contributed by atoms with E-state index in [1.807, 2.05) is 31.4 Å². The summed E-state index contributed by atoms with van der Waals surface area (Å²) in [6.07, 6.45) is 0. The van der Waals surface area contributed by atoms with Crippen LogP contribution in [0.15, 0.2) is 36.4 Å². The predicted octanol–water partition coefficient (Wildman–Crippen LogP) is 2.43. The van der Waals surface area contributed by atoms with Crippen molar-refractivity contribution in [1.29, 1.82) is 0 Å². The zero-order valence-electron chi connectivity index (χ0n) is 16.7. The lowest BCUT2D eigenvalue weighted by molar-refractivity contribution is -0.146. The van der Waals surface area contributed by atoms with E-state index in [4.69, 9.17) is 9.47 Å². The second kappa shape index (κ2) is 9.73. The van der Waals surface area contributed by atoms with Crippen LogP contribution in [0.5, 0.6) is 5.75 Å². The Morgan fingerprint density at radius 3 is 2.39 bits per heavy atom. The molecule has 1 heterocycles. The van der Waals surface area contributed by atoms with Gasteiger partial charge in [-0.1, -0.05) is 18.2 Å². The topological polar surface area (TPSA) is 86.6 Å². The van der Waals surface area contributed by atoms with Gasteiger partial charge >= 0.3 is 5.97 Å². The molecule has 2 aromatic rings. The van der Waals surface area contributed by atoms with Crippen LogP contribution >= 0.6 is 0 Å². The summed E-state index contributed by atoms with van der Waals surface area (Å²) in [5.41, 5.74) is 2.37. The molecule has 1 atom stereocenters. The summed E-state index contributed by atoms with van der Waals surface area (Å²) in [4.78, 5) is 36.3. The number of aromatic nitrogens is 1. The van der Waals surface area contributed by atoms with Gasteiger partial charge in [0.1, 0.15) is 11.8 Å². The molecule has 7 nitrogen and oxygen atoms in total. The molecule has 0 aliphatic rings. The van der Waals surface area contributed by atoms with Crippen molar-refractivity contribution < 1.29 is 23.9 Å². The Kier molecular flexibility index (Phi) is 7.37. The van der Waals surface area contributed by atoms with Gasteiger partial charge in [0.2, 0.25) is 5.78 Å². The number of carbonyl (C=O) groups excluding carboxylic acids is 3. The smallest absolute Gasteiger partial charge is 0.328 e. The first kappa shape index (κ1) is 21.2. The standard InChI is InChI=1S/C21H26N2O5/c1-5-23-14(2)11-18(16(23)4)19(24)12-28-21(26)15(3)22-20(25)13-27-17-9-7-6-8-10-17/h6-11,15H,5,12-13H2,1-4H3,(H,22,25)/t15-/m0/s1. The van der Waals surface area contributed by atoms with Crippen LogP contribution in [0.25, 0.3) is 0 Å². The number of carbonyl (C=O) groups is 3. The third-order valence-electron chi connectivity index (χ3n) is 4.38. The molecule has 0 saturated carbocycles. The number of ether oxygens (including phenoxy) is 2. The summed E-state index contributed by atoms with van der Waals surface area (Å²) in [6, 6.07) is 9.79. The molecular weight excluding hydrogens is 360 g/mol. The number of rotatable bonds is 9. The van der Waals surface area contributed by atoms with E-state index >= 15 is 0 Å². The first-order valence-electron chi connectivity index (χ1n) is 9.17. The van der Waals surface area contributed by atoms with E-state index in [9.17, 15) is 14.4 Å². The Morgan fingerprint density at radius 1 is 1.11 bits per heavy atom. The summed E-state index contributed by atoms with van der Waals surface area (Å²) in [7, 11) is 0. The number of hydrogen-bond acceptors (Lipinski definition) is 5. The van der Waals surface area contributed by atoms with E-state index in [2.05, 4.69) is 5.32 Å². The first-order valence-corrected chi connectivity index (χ1v) is 9.17. The monoisotopic (exact) mass is 386 g/mol. The number of Topliss-reactive ketones (excluding diaryl/α,β-unsaturated/α-hetero) is 1. The fraction of sp³-hybridized carbons (Fsp3) is 0.381. The molecule has 28 heavy (non-hydrogen) atoms. The Bertz CT molecular complexity index is 842. The van der Waals surface area contributed by atoms with Crippen molar-refractivity contribution in [1.82, 2.24) is 9.88 Å². The number of ketones is 1. The largest absolute Gasteiger partial charge is 0.484 e. The third kappa shape index (κ3) is 5.45. The van der Waals surface area contributed by atoms with Gasteiger partial charge in [-0.05, 0) is 45.9 Å². The Labute approximate surface area is 164 Å². The van der Waals surface area contributed by atoms with Gasteiger partial charge in [0.05, 0.1) is 0 Å². The number of aryl methyl sites for hydroxylation is 1. The van der Waals surface area contributed by atoms with Crippen molar-refractivity contribution in [3.8, 4) is 5.75 Å². The molecule has 0 saturated heterocycles. The van der Waals surface area contributed by atoms with Gasteiger partial charge < -0.3 is 19.4 Å². The Balaban J connectivity index is 1.80. The molecule has 7 heteroatoms. The zero-order chi connectivity index (χ0) is 20.7. The third-order valence-corrected chi connectivity index (χ3v) is 4.38. The van der Waals surface area contributed by atoms with Crippen molar-refractivity contribution in [2.45, 2.75) is 40.3 Å². The molecule has 0 spiro atoms. The van der Waals surface area contributed by atoms with Crippen molar-refractivity contribution in [2.75, 3.05) is 13.2 Å². The Hall–Kier alpha value is -3.09. The van der Waals surface area contributed by atoms with Crippen LogP contribution in [0.3, 0.4) is 0 Å². The highest BCUT2D eigenvalue weighted by Gasteiger charge is 2.21. The highest BCUT2D eigenvalue weighted by molar-refractivity contribution is 5.99. The highest BCUT2D eigenvalue weighted by Crippen LogP contribution is 2.15. The molecule has 0 aliphatic carbocycles. The van der Waals surface area contributed by atoms with E-state index in [0.717, 1.165) is 17.9 Å². The number of nitrogens with one attached hydrogen (secondary N) is 1. The van der Waals surface area contributed by atoms with Gasteiger partial charge in [0.25, 0.3) is 5.91 Å². The lowest BCUT2D eigenvalue weighted by atomic mass is 10.1. The normalized spacial score (nSPS) is 11.6. The first-order chi connectivity index (χ1) is 13.3. The van der Waals surface area contributed by atoms with Crippen molar-refractivity contribution in [2.24, 2.45) is 0 Å². The molecule has 150 valence electrons. The SMILES string of the molecule is CCn1c(C)cc(C(=O)COC(=O)[C@H](C)NC(=O)COc2ccccc2)c1C. The van der Waals surface area contributed by atoms with Gasteiger partial charge in [-0.3, -0.25) is 9.59 Å². The molecule has 1 amide bonds. The average Bonchev–Trinajstić information content (AvgIpc) is 2.98. The van der Waals surface area contributed by atoms with Crippen molar-refractivity contribution in [3.63, 3.8) is 0 Å². The van der Waals surface area contributed by atoms with Crippen LogP contribution in [0.1, 0.15) is 35.6 Å². The fourth-order valence-electron chi connectivity index (χ4n) is 2.92.